The lowest BCUT2D eigenvalue weighted by atomic mass is 9.97. The molecule has 1 aliphatic rings. The summed E-state index contributed by atoms with van der Waals surface area (Å²) in [6.45, 7) is 3.46. The van der Waals surface area contributed by atoms with Crippen LogP contribution in [0.25, 0.3) is 0 Å². The number of ketones is 1. The number of ether oxygens (including phenoxy) is 1. The summed E-state index contributed by atoms with van der Waals surface area (Å²) in [6.07, 6.45) is -4.09. The number of aryl methyl sites for hydroxylation is 1. The lowest BCUT2D eigenvalue weighted by Crippen LogP contribution is -2.21. The number of fused-ring (bicyclic) bond motifs is 1. The van der Waals surface area contributed by atoms with Gasteiger partial charge in [0, 0.05) is 12.1 Å². The maximum absolute atomic E-state index is 12.7. The van der Waals surface area contributed by atoms with Crippen LogP contribution in [-0.4, -0.2) is 18.3 Å². The van der Waals surface area contributed by atoms with Crippen molar-refractivity contribution in [1.82, 2.24) is 0 Å². The van der Waals surface area contributed by atoms with Crippen molar-refractivity contribution in [1.29, 1.82) is 0 Å². The molecule has 1 N–H and O–H groups in total. The molecule has 1 unspecified atom stereocenters. The standard InChI is InChI=1S/C20H18F3NO3/c1-11-6-7-16(19-15(25)8-12(2)18(11)19)27-10-17(26)24-14-5-3-4-13(9-14)20(21,22)23/h3-7,9,12H,8,10H2,1-2H3,(H,24,26). The summed E-state index contributed by atoms with van der Waals surface area (Å²) in [7, 11) is 0. The van der Waals surface area contributed by atoms with Crippen molar-refractivity contribution in [3.05, 3.63) is 58.7 Å². The number of anilines is 1. The van der Waals surface area contributed by atoms with Crippen LogP contribution in [0, 0.1) is 6.92 Å². The fourth-order valence-electron chi connectivity index (χ4n) is 3.34. The number of amides is 1. The Hall–Kier alpha value is -2.83. The monoisotopic (exact) mass is 377 g/mol. The average molecular weight is 377 g/mol. The van der Waals surface area contributed by atoms with E-state index < -0.39 is 24.3 Å². The molecule has 1 aliphatic carbocycles. The van der Waals surface area contributed by atoms with Gasteiger partial charge in [-0.1, -0.05) is 19.1 Å². The number of rotatable bonds is 4. The quantitative estimate of drug-likeness (QED) is 0.839. The number of carbonyl (C=O) groups is 2. The number of benzene rings is 2. The lowest BCUT2D eigenvalue weighted by Gasteiger charge is -2.14. The summed E-state index contributed by atoms with van der Waals surface area (Å²) in [6, 6.07) is 7.82. The van der Waals surface area contributed by atoms with Gasteiger partial charge in [-0.2, -0.15) is 13.2 Å². The van der Waals surface area contributed by atoms with Gasteiger partial charge in [-0.25, -0.2) is 0 Å². The molecule has 3 rings (SSSR count). The van der Waals surface area contributed by atoms with E-state index in [1.165, 1.54) is 12.1 Å². The number of carbonyl (C=O) groups excluding carboxylic acids is 2. The highest BCUT2D eigenvalue weighted by molar-refractivity contribution is 6.04. The van der Waals surface area contributed by atoms with Crippen molar-refractivity contribution in [2.75, 3.05) is 11.9 Å². The van der Waals surface area contributed by atoms with Gasteiger partial charge in [0.15, 0.2) is 12.4 Å². The predicted molar refractivity (Wildman–Crippen MR) is 94.1 cm³/mol. The molecule has 1 atom stereocenters. The number of alkyl halides is 3. The van der Waals surface area contributed by atoms with Crippen LogP contribution < -0.4 is 10.1 Å². The zero-order valence-electron chi connectivity index (χ0n) is 14.8. The van der Waals surface area contributed by atoms with Crippen molar-refractivity contribution in [2.45, 2.75) is 32.4 Å². The smallest absolute Gasteiger partial charge is 0.416 e. The van der Waals surface area contributed by atoms with Crippen molar-refractivity contribution in [3.63, 3.8) is 0 Å². The number of halogens is 3. The van der Waals surface area contributed by atoms with Gasteiger partial charge in [-0.15, -0.1) is 0 Å². The topological polar surface area (TPSA) is 55.4 Å². The lowest BCUT2D eigenvalue weighted by molar-refractivity contribution is -0.137. The Bertz CT molecular complexity index is 906. The minimum absolute atomic E-state index is 0.0252. The van der Waals surface area contributed by atoms with Crippen molar-refractivity contribution in [3.8, 4) is 5.75 Å². The molecule has 0 bridgehead atoms. The van der Waals surface area contributed by atoms with E-state index in [9.17, 15) is 22.8 Å². The first kappa shape index (κ1) is 18.9. The highest BCUT2D eigenvalue weighted by atomic mass is 19.4. The fourth-order valence-corrected chi connectivity index (χ4v) is 3.34. The summed E-state index contributed by atoms with van der Waals surface area (Å²) < 4.78 is 43.7. The second-order valence-electron chi connectivity index (χ2n) is 6.61. The summed E-state index contributed by atoms with van der Waals surface area (Å²) in [5.41, 5.74) is 1.59. The molecule has 0 spiro atoms. The molecule has 4 nitrogen and oxygen atoms in total. The maximum Gasteiger partial charge on any atom is 0.416 e. The van der Waals surface area contributed by atoms with E-state index in [0.717, 1.165) is 23.3 Å². The highest BCUT2D eigenvalue weighted by Gasteiger charge is 2.32. The number of hydrogen-bond acceptors (Lipinski definition) is 3. The first-order valence-corrected chi connectivity index (χ1v) is 8.43. The molecule has 0 aliphatic heterocycles. The Balaban J connectivity index is 1.70. The Labute approximate surface area is 154 Å². The highest BCUT2D eigenvalue weighted by Crippen LogP contribution is 2.40. The summed E-state index contributed by atoms with van der Waals surface area (Å²) >= 11 is 0. The molecule has 1 amide bonds. The third-order valence-electron chi connectivity index (χ3n) is 4.52. The van der Waals surface area contributed by atoms with Crippen LogP contribution >= 0.6 is 0 Å². The fraction of sp³-hybridized carbons (Fsp3) is 0.300. The summed E-state index contributed by atoms with van der Waals surface area (Å²) in [5, 5.41) is 2.37. The van der Waals surface area contributed by atoms with Gasteiger partial charge < -0.3 is 10.1 Å². The van der Waals surface area contributed by atoms with Gasteiger partial charge in [0.2, 0.25) is 0 Å². The molecule has 142 valence electrons. The Morgan fingerprint density at radius 3 is 2.70 bits per heavy atom. The minimum Gasteiger partial charge on any atom is -0.483 e. The molecule has 27 heavy (non-hydrogen) atoms. The molecule has 0 saturated heterocycles. The minimum atomic E-state index is -4.49. The third-order valence-corrected chi connectivity index (χ3v) is 4.52. The number of nitrogens with one attached hydrogen (secondary N) is 1. The molecule has 2 aromatic carbocycles. The van der Waals surface area contributed by atoms with E-state index in [1.54, 1.807) is 6.07 Å². The molecule has 0 saturated carbocycles. The molecule has 0 radical (unpaired) electrons. The molecule has 0 fully saturated rings. The van der Waals surface area contributed by atoms with Crippen LogP contribution in [0.4, 0.5) is 18.9 Å². The zero-order valence-corrected chi connectivity index (χ0v) is 14.8. The predicted octanol–water partition coefficient (Wildman–Crippen LogP) is 4.72. The largest absolute Gasteiger partial charge is 0.483 e. The number of Topliss-reactive ketones (excluding diaryl/α,β-unsaturated/α-hetero) is 1. The first-order chi connectivity index (χ1) is 12.7. The molecule has 0 heterocycles. The Kier molecular flexibility index (Phi) is 4.95. The first-order valence-electron chi connectivity index (χ1n) is 8.43. The van der Waals surface area contributed by atoms with E-state index >= 15 is 0 Å². The normalized spacial score (nSPS) is 16.2. The summed E-state index contributed by atoms with van der Waals surface area (Å²) in [5.74, 6) is -0.226. The third kappa shape index (κ3) is 3.97. The van der Waals surface area contributed by atoms with Crippen LogP contribution in [0.5, 0.6) is 5.75 Å². The van der Waals surface area contributed by atoms with E-state index in [0.29, 0.717) is 17.7 Å². The van der Waals surface area contributed by atoms with Gasteiger partial charge in [0.1, 0.15) is 5.75 Å². The zero-order chi connectivity index (χ0) is 19.8. The van der Waals surface area contributed by atoms with Crippen molar-refractivity contribution < 1.29 is 27.5 Å². The van der Waals surface area contributed by atoms with E-state index in [1.807, 2.05) is 19.9 Å². The molecule has 0 aromatic heterocycles. The second kappa shape index (κ2) is 7.06. The van der Waals surface area contributed by atoms with Crippen LogP contribution in [-0.2, 0) is 11.0 Å². The molecule has 7 heteroatoms. The Morgan fingerprint density at radius 1 is 1.26 bits per heavy atom. The second-order valence-corrected chi connectivity index (χ2v) is 6.61. The van der Waals surface area contributed by atoms with Gasteiger partial charge >= 0.3 is 6.18 Å². The Morgan fingerprint density at radius 2 is 2.00 bits per heavy atom. The molecular formula is C20H18F3NO3. The van der Waals surface area contributed by atoms with Crippen LogP contribution in [0.15, 0.2) is 36.4 Å². The van der Waals surface area contributed by atoms with Gasteiger partial charge in [-0.05, 0) is 48.2 Å². The van der Waals surface area contributed by atoms with E-state index in [4.69, 9.17) is 4.74 Å². The van der Waals surface area contributed by atoms with Crippen molar-refractivity contribution >= 4 is 17.4 Å². The van der Waals surface area contributed by atoms with Gasteiger partial charge in [0.25, 0.3) is 5.91 Å². The molecule has 2 aromatic rings. The van der Waals surface area contributed by atoms with Gasteiger partial charge in [0.05, 0.1) is 11.1 Å². The average Bonchev–Trinajstić information content (AvgIpc) is 2.89. The van der Waals surface area contributed by atoms with Crippen LogP contribution in [0.1, 0.15) is 46.3 Å². The SMILES string of the molecule is Cc1ccc(OCC(=O)Nc2cccc(C(F)(F)F)c2)c2c1C(C)CC2=O. The van der Waals surface area contributed by atoms with Crippen LogP contribution in [0.3, 0.4) is 0 Å². The number of hydrogen-bond donors (Lipinski definition) is 1. The van der Waals surface area contributed by atoms with E-state index in [-0.39, 0.29) is 17.4 Å². The molecular weight excluding hydrogens is 359 g/mol. The van der Waals surface area contributed by atoms with Gasteiger partial charge in [-0.3, -0.25) is 9.59 Å². The van der Waals surface area contributed by atoms with Crippen molar-refractivity contribution in [2.24, 2.45) is 0 Å². The van der Waals surface area contributed by atoms with E-state index in [2.05, 4.69) is 5.32 Å². The van der Waals surface area contributed by atoms with Crippen LogP contribution in [0.2, 0.25) is 0 Å². The summed E-state index contributed by atoms with van der Waals surface area (Å²) in [4.78, 5) is 24.3. The maximum atomic E-state index is 12.7.